The molecule has 5 heteroatoms. The maximum absolute atomic E-state index is 12.1. The molecule has 1 aromatic rings. The molecule has 0 aliphatic heterocycles. The molecule has 2 unspecified atom stereocenters. The molecule has 0 saturated carbocycles. The lowest BCUT2D eigenvalue weighted by atomic mass is 10.0. The number of methoxy groups -OCH3 is 1. The molecule has 1 rings (SSSR count). The summed E-state index contributed by atoms with van der Waals surface area (Å²) in [6, 6.07) is 3.24. The minimum atomic E-state index is -0.615. The van der Waals surface area contributed by atoms with Gasteiger partial charge in [0.15, 0.2) is 0 Å². The van der Waals surface area contributed by atoms with E-state index in [1.54, 1.807) is 24.3 Å². The minimum absolute atomic E-state index is 0.0170. The Hall–Kier alpha value is -1.46. The maximum atomic E-state index is 12.1. The van der Waals surface area contributed by atoms with Gasteiger partial charge in [-0.25, -0.2) is 0 Å². The van der Waals surface area contributed by atoms with Crippen molar-refractivity contribution in [2.75, 3.05) is 20.8 Å². The van der Waals surface area contributed by atoms with Crippen molar-refractivity contribution in [1.29, 1.82) is 0 Å². The van der Waals surface area contributed by atoms with Crippen LogP contribution in [-0.4, -0.2) is 42.6 Å². The second kappa shape index (κ2) is 7.08. The van der Waals surface area contributed by atoms with Crippen LogP contribution in [0.4, 0.5) is 0 Å². The number of carbonyl (C=O) groups is 1. The highest BCUT2D eigenvalue weighted by molar-refractivity contribution is 5.82. The summed E-state index contributed by atoms with van der Waals surface area (Å²) in [6.07, 6.45) is 4.28. The average Bonchev–Trinajstić information content (AvgIpc) is 2.40. The first-order chi connectivity index (χ1) is 8.61. The smallest absolute Gasteiger partial charge is 0.242 e. The fraction of sp³-hybridized carbons (Fsp3) is 0.538. The molecule has 2 atom stereocenters. The third kappa shape index (κ3) is 3.51. The van der Waals surface area contributed by atoms with E-state index in [0.717, 1.165) is 12.0 Å². The van der Waals surface area contributed by atoms with Crippen LogP contribution in [-0.2, 0) is 9.53 Å². The van der Waals surface area contributed by atoms with Gasteiger partial charge in [0.25, 0.3) is 0 Å². The lowest BCUT2D eigenvalue weighted by Crippen LogP contribution is -2.45. The van der Waals surface area contributed by atoms with Gasteiger partial charge in [-0.05, 0) is 24.1 Å². The van der Waals surface area contributed by atoms with Crippen molar-refractivity contribution in [3.8, 4) is 0 Å². The van der Waals surface area contributed by atoms with Gasteiger partial charge >= 0.3 is 0 Å². The van der Waals surface area contributed by atoms with Crippen molar-refractivity contribution >= 4 is 5.91 Å². The van der Waals surface area contributed by atoms with Gasteiger partial charge in [-0.15, -0.1) is 0 Å². The van der Waals surface area contributed by atoms with E-state index in [0.29, 0.717) is 0 Å². The van der Waals surface area contributed by atoms with Crippen LogP contribution in [0.25, 0.3) is 0 Å². The summed E-state index contributed by atoms with van der Waals surface area (Å²) in [5, 5.41) is 0. The number of pyridine rings is 1. The Morgan fingerprint density at radius 1 is 1.50 bits per heavy atom. The van der Waals surface area contributed by atoms with E-state index in [-0.39, 0.29) is 18.6 Å². The molecule has 0 radical (unpaired) electrons. The molecule has 18 heavy (non-hydrogen) atoms. The second-order valence-corrected chi connectivity index (χ2v) is 4.22. The van der Waals surface area contributed by atoms with Gasteiger partial charge in [0, 0.05) is 26.6 Å². The molecule has 0 saturated heterocycles. The Morgan fingerprint density at radius 2 is 2.11 bits per heavy atom. The zero-order valence-corrected chi connectivity index (χ0v) is 11.2. The molecule has 0 aromatic carbocycles. The van der Waals surface area contributed by atoms with Crippen molar-refractivity contribution in [1.82, 2.24) is 9.88 Å². The fourth-order valence-electron chi connectivity index (χ4n) is 1.98. The van der Waals surface area contributed by atoms with Gasteiger partial charge < -0.3 is 15.4 Å². The van der Waals surface area contributed by atoms with Crippen LogP contribution in [0.3, 0.4) is 0 Å². The van der Waals surface area contributed by atoms with Crippen molar-refractivity contribution < 1.29 is 9.53 Å². The maximum Gasteiger partial charge on any atom is 0.242 e. The van der Waals surface area contributed by atoms with E-state index in [4.69, 9.17) is 10.5 Å². The first kappa shape index (κ1) is 14.6. The minimum Gasteiger partial charge on any atom is -0.383 e. The quantitative estimate of drug-likeness (QED) is 0.818. The number of rotatable bonds is 6. The van der Waals surface area contributed by atoms with Crippen LogP contribution < -0.4 is 5.73 Å². The molecule has 5 nitrogen and oxygen atoms in total. The summed E-state index contributed by atoms with van der Waals surface area (Å²) in [4.78, 5) is 17.8. The van der Waals surface area contributed by atoms with Crippen LogP contribution in [0.1, 0.15) is 24.9 Å². The predicted octanol–water partition coefficient (Wildman–Crippen LogP) is 0.965. The molecule has 0 aliphatic rings. The SMILES string of the molecule is CCC(c1ccncc1)N(C)C(=O)C(N)COC. The molecule has 2 N–H and O–H groups in total. The summed E-state index contributed by atoms with van der Waals surface area (Å²) in [6.45, 7) is 2.27. The standard InChI is InChI=1S/C13H21N3O2/c1-4-12(10-5-7-15-8-6-10)16(2)13(17)11(14)9-18-3/h5-8,11-12H,4,9,14H2,1-3H3. The Balaban J connectivity index is 2.80. The average molecular weight is 251 g/mol. The number of amides is 1. The number of likely N-dealkylation sites (N-methyl/N-ethyl adjacent to an activating group) is 1. The largest absolute Gasteiger partial charge is 0.383 e. The lowest BCUT2D eigenvalue weighted by molar-refractivity contribution is -0.134. The summed E-state index contributed by atoms with van der Waals surface area (Å²) in [7, 11) is 3.31. The zero-order valence-electron chi connectivity index (χ0n) is 11.2. The highest BCUT2D eigenvalue weighted by atomic mass is 16.5. The van der Waals surface area contributed by atoms with Crippen LogP contribution in [0.5, 0.6) is 0 Å². The highest BCUT2D eigenvalue weighted by Crippen LogP contribution is 2.22. The first-order valence-corrected chi connectivity index (χ1v) is 6.02. The van der Waals surface area contributed by atoms with Gasteiger partial charge in [-0.3, -0.25) is 9.78 Å². The summed E-state index contributed by atoms with van der Waals surface area (Å²) < 4.78 is 4.91. The highest BCUT2D eigenvalue weighted by Gasteiger charge is 2.24. The zero-order chi connectivity index (χ0) is 13.5. The van der Waals surface area contributed by atoms with E-state index in [2.05, 4.69) is 4.98 Å². The van der Waals surface area contributed by atoms with Crippen molar-refractivity contribution in [3.63, 3.8) is 0 Å². The lowest BCUT2D eigenvalue weighted by Gasteiger charge is -2.29. The van der Waals surface area contributed by atoms with E-state index in [1.807, 2.05) is 19.1 Å². The molecule has 1 aromatic heterocycles. The van der Waals surface area contributed by atoms with Gasteiger partial charge in [-0.1, -0.05) is 6.92 Å². The summed E-state index contributed by atoms with van der Waals surface area (Å²) in [5.41, 5.74) is 6.83. The number of ether oxygens (including phenoxy) is 1. The van der Waals surface area contributed by atoms with E-state index in [1.165, 1.54) is 7.11 Å². The number of hydrogen-bond acceptors (Lipinski definition) is 4. The topological polar surface area (TPSA) is 68.5 Å². The van der Waals surface area contributed by atoms with Crippen LogP contribution in [0.2, 0.25) is 0 Å². The second-order valence-electron chi connectivity index (χ2n) is 4.22. The van der Waals surface area contributed by atoms with Gasteiger partial charge in [-0.2, -0.15) is 0 Å². The molecule has 1 heterocycles. The Bertz CT molecular complexity index is 370. The number of carbonyl (C=O) groups excluding carboxylic acids is 1. The first-order valence-electron chi connectivity index (χ1n) is 6.02. The number of nitrogens with two attached hydrogens (primary N) is 1. The third-order valence-electron chi connectivity index (χ3n) is 2.96. The van der Waals surface area contributed by atoms with E-state index in [9.17, 15) is 4.79 Å². The van der Waals surface area contributed by atoms with Crippen molar-refractivity contribution in [3.05, 3.63) is 30.1 Å². The molecular formula is C13H21N3O2. The van der Waals surface area contributed by atoms with Crippen molar-refractivity contribution in [2.45, 2.75) is 25.4 Å². The van der Waals surface area contributed by atoms with Gasteiger partial charge in [0.2, 0.25) is 5.91 Å². The fourth-order valence-corrected chi connectivity index (χ4v) is 1.98. The predicted molar refractivity (Wildman–Crippen MR) is 69.9 cm³/mol. The van der Waals surface area contributed by atoms with Crippen LogP contribution >= 0.6 is 0 Å². The number of aromatic nitrogens is 1. The summed E-state index contributed by atoms with van der Waals surface area (Å²) in [5.74, 6) is -0.111. The van der Waals surface area contributed by atoms with Gasteiger partial charge in [0.05, 0.1) is 12.6 Å². The van der Waals surface area contributed by atoms with Crippen molar-refractivity contribution in [2.24, 2.45) is 5.73 Å². The molecule has 0 aliphatic carbocycles. The summed E-state index contributed by atoms with van der Waals surface area (Å²) >= 11 is 0. The van der Waals surface area contributed by atoms with Gasteiger partial charge in [0.1, 0.15) is 6.04 Å². The van der Waals surface area contributed by atoms with E-state index < -0.39 is 6.04 Å². The monoisotopic (exact) mass is 251 g/mol. The molecule has 0 bridgehead atoms. The van der Waals surface area contributed by atoms with Crippen LogP contribution in [0.15, 0.2) is 24.5 Å². The Labute approximate surface area is 108 Å². The molecule has 1 amide bonds. The normalized spacial score (nSPS) is 14.0. The molecular weight excluding hydrogens is 230 g/mol. The molecule has 0 spiro atoms. The third-order valence-corrected chi connectivity index (χ3v) is 2.96. The van der Waals surface area contributed by atoms with E-state index >= 15 is 0 Å². The Morgan fingerprint density at radius 3 is 2.61 bits per heavy atom. The number of nitrogens with zero attached hydrogens (tertiary/aromatic N) is 2. The van der Waals surface area contributed by atoms with Crippen LogP contribution in [0, 0.1) is 0 Å². The molecule has 0 fully saturated rings. The molecule has 100 valence electrons. The number of hydrogen-bond donors (Lipinski definition) is 1. The Kier molecular flexibility index (Phi) is 5.74.